The van der Waals surface area contributed by atoms with Crippen LogP contribution in [0.5, 0.6) is 0 Å². The predicted octanol–water partition coefficient (Wildman–Crippen LogP) is 0.412. The Labute approximate surface area is 104 Å². The molecule has 1 aliphatic heterocycles. The fraction of sp³-hybridized carbons (Fsp3) is 1.00. The number of piperidine rings is 1. The molecular weight excluding hydrogens is 240 g/mol. The van der Waals surface area contributed by atoms with E-state index in [1.54, 1.807) is 4.31 Å². The lowest BCUT2D eigenvalue weighted by Gasteiger charge is -2.32. The highest BCUT2D eigenvalue weighted by Crippen LogP contribution is 2.21. The molecule has 0 saturated carbocycles. The van der Waals surface area contributed by atoms with Gasteiger partial charge < -0.3 is 10.5 Å². The maximum absolute atomic E-state index is 12.0. The van der Waals surface area contributed by atoms with Crippen molar-refractivity contribution in [2.24, 2.45) is 11.7 Å². The molecule has 1 rings (SSSR count). The van der Waals surface area contributed by atoms with Crippen LogP contribution >= 0.6 is 0 Å². The number of rotatable bonds is 6. The molecule has 0 aliphatic carbocycles. The molecule has 0 aromatic heterocycles. The van der Waals surface area contributed by atoms with Gasteiger partial charge >= 0.3 is 0 Å². The predicted molar refractivity (Wildman–Crippen MR) is 68.2 cm³/mol. The Morgan fingerprint density at radius 2 is 2.00 bits per heavy atom. The van der Waals surface area contributed by atoms with E-state index in [2.05, 4.69) is 0 Å². The first-order valence-electron chi connectivity index (χ1n) is 6.28. The van der Waals surface area contributed by atoms with Crippen LogP contribution in [0.15, 0.2) is 0 Å². The number of nitrogens with two attached hydrogens (primary N) is 1. The van der Waals surface area contributed by atoms with Crippen LogP contribution in [-0.2, 0) is 14.8 Å². The minimum absolute atomic E-state index is 0.0870. The molecule has 1 saturated heterocycles. The van der Waals surface area contributed by atoms with E-state index < -0.39 is 10.0 Å². The molecule has 0 aromatic rings. The van der Waals surface area contributed by atoms with Crippen LogP contribution in [0.2, 0.25) is 0 Å². The van der Waals surface area contributed by atoms with Gasteiger partial charge in [-0.05, 0) is 32.6 Å². The normalized spacial score (nSPS) is 21.6. The van der Waals surface area contributed by atoms with Crippen molar-refractivity contribution >= 4 is 10.0 Å². The third-order valence-electron chi connectivity index (χ3n) is 3.33. The summed E-state index contributed by atoms with van der Waals surface area (Å²) in [7, 11) is -3.14. The first kappa shape index (κ1) is 14.9. The molecule has 102 valence electrons. The third-order valence-corrected chi connectivity index (χ3v) is 5.16. The van der Waals surface area contributed by atoms with Crippen LogP contribution < -0.4 is 5.73 Å². The summed E-state index contributed by atoms with van der Waals surface area (Å²) in [5.41, 5.74) is 5.83. The fourth-order valence-electron chi connectivity index (χ4n) is 2.12. The second-order valence-electron chi connectivity index (χ2n) is 4.61. The summed E-state index contributed by atoms with van der Waals surface area (Å²) in [6, 6.07) is 0.156. The fourth-order valence-corrected chi connectivity index (χ4v) is 3.47. The summed E-state index contributed by atoms with van der Waals surface area (Å²) in [5.74, 6) is 0.539. The minimum atomic E-state index is -3.14. The molecular formula is C11H24N2O3S. The van der Waals surface area contributed by atoms with Crippen LogP contribution in [0.4, 0.5) is 0 Å². The summed E-state index contributed by atoms with van der Waals surface area (Å²) < 4.78 is 30.6. The Morgan fingerprint density at radius 3 is 2.47 bits per heavy atom. The molecule has 2 N–H and O–H groups in total. The van der Waals surface area contributed by atoms with Crippen molar-refractivity contribution < 1.29 is 13.2 Å². The second-order valence-corrected chi connectivity index (χ2v) is 6.70. The molecule has 0 bridgehead atoms. The smallest absolute Gasteiger partial charge is 0.216 e. The summed E-state index contributed by atoms with van der Waals surface area (Å²) in [4.78, 5) is 0. The van der Waals surface area contributed by atoms with E-state index in [0.717, 1.165) is 12.8 Å². The number of ether oxygens (including phenoxy) is 1. The number of hydrogen-bond acceptors (Lipinski definition) is 4. The molecule has 5 nitrogen and oxygen atoms in total. The van der Waals surface area contributed by atoms with Gasteiger partial charge in [0.1, 0.15) is 0 Å². The number of sulfonamides is 1. The average molecular weight is 264 g/mol. The summed E-state index contributed by atoms with van der Waals surface area (Å²) in [5, 5.41) is 0. The molecule has 0 amide bonds. The van der Waals surface area contributed by atoms with E-state index in [1.807, 2.05) is 13.8 Å². The molecule has 1 fully saturated rings. The van der Waals surface area contributed by atoms with Crippen molar-refractivity contribution in [2.75, 3.05) is 32.1 Å². The maximum Gasteiger partial charge on any atom is 0.216 e. The van der Waals surface area contributed by atoms with E-state index in [0.29, 0.717) is 25.6 Å². The summed E-state index contributed by atoms with van der Waals surface area (Å²) in [6.07, 6.45) is 1.73. The topological polar surface area (TPSA) is 72.6 Å². The largest absolute Gasteiger partial charge is 0.381 e. The Bertz CT molecular complexity index is 309. The van der Waals surface area contributed by atoms with E-state index in [1.165, 1.54) is 0 Å². The highest BCUT2D eigenvalue weighted by atomic mass is 32.2. The molecule has 6 heteroatoms. The van der Waals surface area contributed by atoms with Crippen molar-refractivity contribution in [2.45, 2.75) is 32.7 Å². The molecule has 1 atom stereocenters. The van der Waals surface area contributed by atoms with Crippen molar-refractivity contribution in [1.82, 2.24) is 4.31 Å². The third kappa shape index (κ3) is 4.54. The van der Waals surface area contributed by atoms with Gasteiger partial charge in [0.15, 0.2) is 0 Å². The Morgan fingerprint density at radius 1 is 1.41 bits per heavy atom. The molecule has 0 radical (unpaired) electrons. The second kappa shape index (κ2) is 6.68. The molecule has 0 spiro atoms. The lowest BCUT2D eigenvalue weighted by Crippen LogP contribution is -2.43. The van der Waals surface area contributed by atoms with Crippen molar-refractivity contribution in [3.8, 4) is 0 Å². The zero-order valence-corrected chi connectivity index (χ0v) is 11.6. The Balaban J connectivity index is 2.41. The van der Waals surface area contributed by atoms with Gasteiger partial charge in [0.25, 0.3) is 0 Å². The first-order valence-corrected chi connectivity index (χ1v) is 7.89. The quantitative estimate of drug-likeness (QED) is 0.705. The van der Waals surface area contributed by atoms with Gasteiger partial charge in [0, 0.05) is 25.7 Å². The van der Waals surface area contributed by atoms with Crippen molar-refractivity contribution in [1.29, 1.82) is 0 Å². The van der Waals surface area contributed by atoms with Gasteiger partial charge in [-0.25, -0.2) is 12.7 Å². The van der Waals surface area contributed by atoms with Gasteiger partial charge in [0.2, 0.25) is 10.0 Å². The Hall–Kier alpha value is -0.170. The highest BCUT2D eigenvalue weighted by molar-refractivity contribution is 7.89. The van der Waals surface area contributed by atoms with E-state index in [9.17, 15) is 8.42 Å². The zero-order valence-electron chi connectivity index (χ0n) is 10.8. The van der Waals surface area contributed by atoms with Gasteiger partial charge in [0.05, 0.1) is 12.4 Å². The standard InChI is InChI=1S/C11H24N2O3S/c1-3-16-8-9-17(14,15)13-6-4-11(5-7-13)10(2)12/h10-11H,3-9,12H2,1-2H3. The SMILES string of the molecule is CCOCCS(=O)(=O)N1CCC(C(C)N)CC1. The lowest BCUT2D eigenvalue weighted by molar-refractivity contribution is 0.161. The van der Waals surface area contributed by atoms with Crippen LogP contribution in [0, 0.1) is 5.92 Å². The van der Waals surface area contributed by atoms with Gasteiger partial charge in [-0.3, -0.25) is 0 Å². The summed E-state index contributed by atoms with van der Waals surface area (Å²) >= 11 is 0. The first-order chi connectivity index (χ1) is 7.97. The zero-order chi connectivity index (χ0) is 12.9. The van der Waals surface area contributed by atoms with E-state index in [4.69, 9.17) is 10.5 Å². The van der Waals surface area contributed by atoms with Crippen LogP contribution in [0.1, 0.15) is 26.7 Å². The number of hydrogen-bond donors (Lipinski definition) is 1. The lowest BCUT2D eigenvalue weighted by atomic mass is 9.92. The van der Waals surface area contributed by atoms with Crippen LogP contribution in [-0.4, -0.2) is 50.8 Å². The van der Waals surface area contributed by atoms with Crippen molar-refractivity contribution in [3.63, 3.8) is 0 Å². The van der Waals surface area contributed by atoms with Gasteiger partial charge in [-0.1, -0.05) is 0 Å². The van der Waals surface area contributed by atoms with Crippen molar-refractivity contribution in [3.05, 3.63) is 0 Å². The van der Waals surface area contributed by atoms with E-state index >= 15 is 0 Å². The molecule has 17 heavy (non-hydrogen) atoms. The minimum Gasteiger partial charge on any atom is -0.381 e. The molecule has 0 aromatic carbocycles. The summed E-state index contributed by atoms with van der Waals surface area (Å²) in [6.45, 7) is 5.89. The Kier molecular flexibility index (Phi) is 5.85. The van der Waals surface area contributed by atoms with Gasteiger partial charge in [-0.15, -0.1) is 0 Å². The van der Waals surface area contributed by atoms with Crippen LogP contribution in [0.3, 0.4) is 0 Å². The van der Waals surface area contributed by atoms with Crippen LogP contribution in [0.25, 0.3) is 0 Å². The molecule has 1 heterocycles. The van der Waals surface area contributed by atoms with E-state index in [-0.39, 0.29) is 18.4 Å². The molecule has 1 aliphatic rings. The van der Waals surface area contributed by atoms with Gasteiger partial charge in [-0.2, -0.15) is 0 Å². The molecule has 1 unspecified atom stereocenters. The average Bonchev–Trinajstić information content (AvgIpc) is 2.29. The highest BCUT2D eigenvalue weighted by Gasteiger charge is 2.28. The number of nitrogens with zero attached hydrogens (tertiary/aromatic N) is 1. The maximum atomic E-state index is 12.0. The monoisotopic (exact) mass is 264 g/mol.